The van der Waals surface area contributed by atoms with E-state index in [1.165, 1.54) is 13.2 Å². The molecule has 0 bridgehead atoms. The standard InChI is InChI=1S/C10H14N2O2/c1-7-9(5-6-10(13)14-4)8(2)12(3)11-7/h5-6H,1-4H3. The van der Waals surface area contributed by atoms with Crippen LogP contribution < -0.4 is 0 Å². The van der Waals surface area contributed by atoms with Crippen molar-refractivity contribution in [3.05, 3.63) is 23.0 Å². The molecule has 4 heteroatoms. The molecule has 0 atom stereocenters. The molecule has 0 aromatic carbocycles. The van der Waals surface area contributed by atoms with E-state index in [9.17, 15) is 4.79 Å². The minimum Gasteiger partial charge on any atom is -0.466 e. The minimum atomic E-state index is -0.354. The van der Waals surface area contributed by atoms with Gasteiger partial charge in [-0.1, -0.05) is 0 Å². The van der Waals surface area contributed by atoms with Gasteiger partial charge in [0, 0.05) is 24.4 Å². The van der Waals surface area contributed by atoms with Gasteiger partial charge in [0.25, 0.3) is 0 Å². The zero-order chi connectivity index (χ0) is 10.7. The Hall–Kier alpha value is -1.58. The lowest BCUT2D eigenvalue weighted by Gasteiger charge is -1.94. The first kappa shape index (κ1) is 10.5. The van der Waals surface area contributed by atoms with Crippen LogP contribution in [0.25, 0.3) is 6.08 Å². The van der Waals surface area contributed by atoms with Crippen LogP contribution in [0, 0.1) is 13.8 Å². The lowest BCUT2D eigenvalue weighted by molar-refractivity contribution is -0.134. The number of ether oxygens (including phenoxy) is 1. The highest BCUT2D eigenvalue weighted by atomic mass is 16.5. The van der Waals surface area contributed by atoms with Gasteiger partial charge in [0.05, 0.1) is 12.8 Å². The molecule has 14 heavy (non-hydrogen) atoms. The molecular formula is C10H14N2O2. The number of hydrogen-bond acceptors (Lipinski definition) is 3. The van der Waals surface area contributed by atoms with Crippen LogP contribution in [0.4, 0.5) is 0 Å². The van der Waals surface area contributed by atoms with E-state index >= 15 is 0 Å². The third-order valence-electron chi connectivity index (χ3n) is 2.15. The summed E-state index contributed by atoms with van der Waals surface area (Å²) in [6.07, 6.45) is 3.13. The topological polar surface area (TPSA) is 44.1 Å². The Bertz CT molecular complexity index is 378. The molecule has 0 aliphatic rings. The number of methoxy groups -OCH3 is 1. The van der Waals surface area contributed by atoms with Crippen LogP contribution in [-0.4, -0.2) is 22.9 Å². The summed E-state index contributed by atoms with van der Waals surface area (Å²) < 4.78 is 6.29. The highest BCUT2D eigenvalue weighted by molar-refractivity contribution is 5.87. The molecule has 0 spiro atoms. The SMILES string of the molecule is COC(=O)C=Cc1c(C)nn(C)c1C. The predicted molar refractivity (Wildman–Crippen MR) is 53.7 cm³/mol. The van der Waals surface area contributed by atoms with Crippen molar-refractivity contribution in [3.63, 3.8) is 0 Å². The first-order valence-corrected chi connectivity index (χ1v) is 4.32. The minimum absolute atomic E-state index is 0.354. The summed E-state index contributed by atoms with van der Waals surface area (Å²) in [6.45, 7) is 3.86. The Morgan fingerprint density at radius 2 is 2.14 bits per heavy atom. The predicted octanol–water partition coefficient (Wildman–Crippen LogP) is 1.22. The molecule has 0 saturated heterocycles. The van der Waals surface area contributed by atoms with Crippen LogP contribution in [-0.2, 0) is 16.6 Å². The smallest absolute Gasteiger partial charge is 0.330 e. The number of aromatic nitrogens is 2. The third-order valence-corrected chi connectivity index (χ3v) is 2.15. The largest absolute Gasteiger partial charge is 0.466 e. The van der Waals surface area contributed by atoms with E-state index in [4.69, 9.17) is 0 Å². The quantitative estimate of drug-likeness (QED) is 0.525. The summed E-state index contributed by atoms with van der Waals surface area (Å²) in [7, 11) is 3.23. The number of carbonyl (C=O) groups is 1. The van der Waals surface area contributed by atoms with Crippen molar-refractivity contribution < 1.29 is 9.53 Å². The molecule has 0 N–H and O–H groups in total. The highest BCUT2D eigenvalue weighted by Crippen LogP contribution is 2.13. The van der Waals surface area contributed by atoms with Crippen molar-refractivity contribution in [2.45, 2.75) is 13.8 Å². The molecular weight excluding hydrogens is 180 g/mol. The summed E-state index contributed by atoms with van der Waals surface area (Å²) in [6, 6.07) is 0. The van der Waals surface area contributed by atoms with Crippen LogP contribution in [0.2, 0.25) is 0 Å². The van der Waals surface area contributed by atoms with Gasteiger partial charge < -0.3 is 4.74 Å². The molecule has 1 aromatic rings. The summed E-state index contributed by atoms with van der Waals surface area (Å²) in [5.74, 6) is -0.354. The second-order valence-electron chi connectivity index (χ2n) is 3.06. The first-order chi connectivity index (χ1) is 6.56. The average Bonchev–Trinajstić information content (AvgIpc) is 2.39. The van der Waals surface area contributed by atoms with Crippen LogP contribution >= 0.6 is 0 Å². The second kappa shape index (κ2) is 4.09. The molecule has 4 nitrogen and oxygen atoms in total. The first-order valence-electron chi connectivity index (χ1n) is 4.32. The van der Waals surface area contributed by atoms with Gasteiger partial charge in [-0.3, -0.25) is 4.68 Å². The van der Waals surface area contributed by atoms with E-state index in [2.05, 4.69) is 9.84 Å². The van der Waals surface area contributed by atoms with Crippen molar-refractivity contribution in [1.29, 1.82) is 0 Å². The number of carbonyl (C=O) groups excluding carboxylic acids is 1. The van der Waals surface area contributed by atoms with Gasteiger partial charge in [-0.05, 0) is 19.9 Å². The molecule has 1 aromatic heterocycles. The van der Waals surface area contributed by atoms with Crippen molar-refractivity contribution in [3.8, 4) is 0 Å². The molecule has 1 heterocycles. The molecule has 76 valence electrons. The van der Waals surface area contributed by atoms with Crippen LogP contribution in [0.1, 0.15) is 17.0 Å². The normalized spacial score (nSPS) is 10.9. The van der Waals surface area contributed by atoms with Gasteiger partial charge in [-0.25, -0.2) is 4.79 Å². The number of rotatable bonds is 2. The summed E-state index contributed by atoms with van der Waals surface area (Å²) in [4.78, 5) is 10.9. The fraction of sp³-hybridized carbons (Fsp3) is 0.400. The van der Waals surface area contributed by atoms with Gasteiger partial charge in [-0.2, -0.15) is 5.10 Å². The van der Waals surface area contributed by atoms with E-state index in [0.29, 0.717) is 0 Å². The van der Waals surface area contributed by atoms with E-state index in [1.54, 1.807) is 10.8 Å². The summed E-state index contributed by atoms with van der Waals surface area (Å²) >= 11 is 0. The third kappa shape index (κ3) is 2.02. The average molecular weight is 194 g/mol. The fourth-order valence-corrected chi connectivity index (χ4v) is 1.25. The van der Waals surface area contributed by atoms with Crippen molar-refractivity contribution in [2.24, 2.45) is 7.05 Å². The van der Waals surface area contributed by atoms with Gasteiger partial charge in [-0.15, -0.1) is 0 Å². The fourth-order valence-electron chi connectivity index (χ4n) is 1.25. The zero-order valence-corrected chi connectivity index (χ0v) is 8.87. The maximum Gasteiger partial charge on any atom is 0.330 e. The Kier molecular flexibility index (Phi) is 3.06. The second-order valence-corrected chi connectivity index (χ2v) is 3.06. The van der Waals surface area contributed by atoms with Crippen LogP contribution in [0.5, 0.6) is 0 Å². The van der Waals surface area contributed by atoms with Crippen LogP contribution in [0.15, 0.2) is 6.08 Å². The molecule has 0 radical (unpaired) electrons. The Morgan fingerprint density at radius 3 is 2.57 bits per heavy atom. The van der Waals surface area contributed by atoms with Gasteiger partial charge in [0.1, 0.15) is 0 Å². The van der Waals surface area contributed by atoms with Crippen molar-refractivity contribution in [1.82, 2.24) is 9.78 Å². The van der Waals surface area contributed by atoms with Gasteiger partial charge in [0.2, 0.25) is 0 Å². The van der Waals surface area contributed by atoms with E-state index in [0.717, 1.165) is 17.0 Å². The maximum absolute atomic E-state index is 10.9. The van der Waals surface area contributed by atoms with E-state index in [-0.39, 0.29) is 5.97 Å². The molecule has 0 aliphatic heterocycles. The highest BCUT2D eigenvalue weighted by Gasteiger charge is 2.05. The maximum atomic E-state index is 10.9. The number of hydrogen-bond donors (Lipinski definition) is 0. The van der Waals surface area contributed by atoms with Gasteiger partial charge in [0.15, 0.2) is 0 Å². The molecule has 0 fully saturated rings. The number of aryl methyl sites for hydroxylation is 2. The molecule has 0 unspecified atom stereocenters. The number of nitrogens with zero attached hydrogens (tertiary/aromatic N) is 2. The summed E-state index contributed by atoms with van der Waals surface area (Å²) in [5.41, 5.74) is 2.91. The van der Waals surface area contributed by atoms with E-state index in [1.807, 2.05) is 20.9 Å². The molecule has 0 aliphatic carbocycles. The Labute approximate surface area is 83.2 Å². The van der Waals surface area contributed by atoms with Crippen molar-refractivity contribution >= 4 is 12.0 Å². The lowest BCUT2D eigenvalue weighted by atomic mass is 10.2. The molecule has 0 amide bonds. The van der Waals surface area contributed by atoms with E-state index < -0.39 is 0 Å². The lowest BCUT2D eigenvalue weighted by Crippen LogP contribution is -1.94. The Morgan fingerprint density at radius 1 is 1.50 bits per heavy atom. The molecule has 1 rings (SSSR count). The monoisotopic (exact) mass is 194 g/mol. The van der Waals surface area contributed by atoms with Gasteiger partial charge >= 0.3 is 5.97 Å². The van der Waals surface area contributed by atoms with Crippen molar-refractivity contribution in [2.75, 3.05) is 7.11 Å². The molecule has 0 saturated carbocycles. The Balaban J connectivity index is 2.97. The number of esters is 1. The summed E-state index contributed by atoms with van der Waals surface area (Å²) in [5, 5.41) is 4.23. The zero-order valence-electron chi connectivity index (χ0n) is 8.87. The van der Waals surface area contributed by atoms with Crippen LogP contribution in [0.3, 0.4) is 0 Å².